The van der Waals surface area contributed by atoms with E-state index in [0.29, 0.717) is 23.4 Å². The number of hydrogen-bond donors (Lipinski definition) is 2. The summed E-state index contributed by atoms with van der Waals surface area (Å²) in [7, 11) is 0. The van der Waals surface area contributed by atoms with Crippen molar-refractivity contribution in [1.82, 2.24) is 5.16 Å². The van der Waals surface area contributed by atoms with Gasteiger partial charge in [-0.2, -0.15) is 0 Å². The van der Waals surface area contributed by atoms with Crippen LogP contribution in [-0.2, 0) is 11.2 Å². The van der Waals surface area contributed by atoms with E-state index in [9.17, 15) is 15.0 Å². The summed E-state index contributed by atoms with van der Waals surface area (Å²) in [5.41, 5.74) is 3.07. The van der Waals surface area contributed by atoms with Gasteiger partial charge in [-0.05, 0) is 55.8 Å². The van der Waals surface area contributed by atoms with E-state index in [0.717, 1.165) is 11.1 Å². The number of rotatable bonds is 5. The summed E-state index contributed by atoms with van der Waals surface area (Å²) < 4.78 is 10.5. The summed E-state index contributed by atoms with van der Waals surface area (Å²) in [6.45, 7) is 3.90. The molecule has 0 aliphatic heterocycles. The van der Waals surface area contributed by atoms with Crippen LogP contribution in [0.1, 0.15) is 29.8 Å². The molecule has 134 valence electrons. The number of carbonyl (C=O) groups excluding carboxylic acids is 1. The van der Waals surface area contributed by atoms with E-state index < -0.39 is 5.97 Å². The monoisotopic (exact) mass is 353 g/mol. The van der Waals surface area contributed by atoms with Gasteiger partial charge in [0.25, 0.3) is 0 Å². The Morgan fingerprint density at radius 3 is 2.42 bits per heavy atom. The summed E-state index contributed by atoms with van der Waals surface area (Å²) in [5, 5.41) is 23.6. The van der Waals surface area contributed by atoms with Gasteiger partial charge in [0.1, 0.15) is 22.8 Å². The maximum absolute atomic E-state index is 12.0. The van der Waals surface area contributed by atoms with E-state index in [1.54, 1.807) is 37.3 Å². The average Bonchev–Trinajstić information content (AvgIpc) is 3.07. The highest BCUT2D eigenvalue weighted by molar-refractivity contribution is 5.94. The summed E-state index contributed by atoms with van der Waals surface area (Å²) in [6, 6.07) is 11.3. The van der Waals surface area contributed by atoms with Crippen molar-refractivity contribution >= 4 is 5.97 Å². The predicted molar refractivity (Wildman–Crippen MR) is 96.0 cm³/mol. The van der Waals surface area contributed by atoms with Gasteiger partial charge in [0.15, 0.2) is 5.76 Å². The largest absolute Gasteiger partial charge is 0.508 e. The van der Waals surface area contributed by atoms with Crippen molar-refractivity contribution in [3.05, 3.63) is 53.6 Å². The van der Waals surface area contributed by atoms with Crippen molar-refractivity contribution in [2.24, 2.45) is 0 Å². The molecular formula is C20H19NO5. The first kappa shape index (κ1) is 17.5. The van der Waals surface area contributed by atoms with Crippen LogP contribution in [-0.4, -0.2) is 27.9 Å². The van der Waals surface area contributed by atoms with E-state index in [-0.39, 0.29) is 23.7 Å². The topological polar surface area (TPSA) is 92.8 Å². The summed E-state index contributed by atoms with van der Waals surface area (Å²) in [5.74, 6) is -0.0408. The minimum absolute atomic E-state index is 0.0778. The number of aromatic nitrogens is 1. The van der Waals surface area contributed by atoms with Gasteiger partial charge < -0.3 is 19.5 Å². The zero-order chi connectivity index (χ0) is 18.7. The smallest absolute Gasteiger partial charge is 0.341 e. The number of phenols is 2. The summed E-state index contributed by atoms with van der Waals surface area (Å²) in [4.78, 5) is 12.0. The number of phenolic OH excluding ortho intramolecular Hbond substituents is 2. The van der Waals surface area contributed by atoms with Crippen molar-refractivity contribution in [2.45, 2.75) is 20.3 Å². The first-order valence-corrected chi connectivity index (χ1v) is 8.33. The van der Waals surface area contributed by atoms with Crippen molar-refractivity contribution in [1.29, 1.82) is 0 Å². The minimum atomic E-state index is -0.594. The molecule has 6 heteroatoms. The quantitative estimate of drug-likeness (QED) is 0.669. The normalized spacial score (nSPS) is 10.7. The van der Waals surface area contributed by atoms with E-state index in [1.165, 1.54) is 12.1 Å². The highest BCUT2D eigenvalue weighted by atomic mass is 16.5. The van der Waals surface area contributed by atoms with Gasteiger partial charge in [0.2, 0.25) is 0 Å². The van der Waals surface area contributed by atoms with Crippen LogP contribution in [0.4, 0.5) is 0 Å². The SMILES string of the molecule is CCOC(=O)c1cc(-c2onc(-c3ccc(O)cc3)c2CC)ccc1O. The second-order valence-corrected chi connectivity index (χ2v) is 5.69. The summed E-state index contributed by atoms with van der Waals surface area (Å²) >= 11 is 0. The maximum Gasteiger partial charge on any atom is 0.341 e. The van der Waals surface area contributed by atoms with Crippen LogP contribution in [0.2, 0.25) is 0 Å². The fourth-order valence-corrected chi connectivity index (χ4v) is 2.76. The predicted octanol–water partition coefficient (Wildman–Crippen LogP) is 4.16. The van der Waals surface area contributed by atoms with Gasteiger partial charge in [0.05, 0.1) is 6.61 Å². The Morgan fingerprint density at radius 2 is 1.77 bits per heavy atom. The Kier molecular flexibility index (Phi) is 4.93. The standard InChI is InChI=1S/C20H19NO5/c1-3-15-18(12-5-8-14(22)9-6-12)21-26-19(15)13-7-10-17(23)16(11-13)20(24)25-4-2/h5-11,22-23H,3-4H2,1-2H3. The number of esters is 1. The molecule has 0 aliphatic rings. The van der Waals surface area contributed by atoms with E-state index >= 15 is 0 Å². The fourth-order valence-electron chi connectivity index (χ4n) is 2.76. The minimum Gasteiger partial charge on any atom is -0.508 e. The van der Waals surface area contributed by atoms with Crippen LogP contribution in [0.5, 0.6) is 11.5 Å². The number of ether oxygens (including phenoxy) is 1. The maximum atomic E-state index is 12.0. The van der Waals surface area contributed by atoms with Crippen molar-refractivity contribution < 1.29 is 24.3 Å². The molecule has 3 rings (SSSR count). The molecular weight excluding hydrogens is 334 g/mol. The first-order valence-electron chi connectivity index (χ1n) is 8.33. The van der Waals surface area contributed by atoms with E-state index in [2.05, 4.69) is 5.16 Å². The zero-order valence-electron chi connectivity index (χ0n) is 14.5. The second kappa shape index (κ2) is 7.31. The number of benzene rings is 2. The average molecular weight is 353 g/mol. The van der Waals surface area contributed by atoms with Crippen molar-refractivity contribution in [3.8, 4) is 34.1 Å². The highest BCUT2D eigenvalue weighted by Gasteiger charge is 2.20. The lowest BCUT2D eigenvalue weighted by Crippen LogP contribution is -2.05. The molecule has 1 aromatic heterocycles. The van der Waals surface area contributed by atoms with Gasteiger partial charge >= 0.3 is 5.97 Å². The van der Waals surface area contributed by atoms with E-state index in [1.807, 2.05) is 6.92 Å². The lowest BCUT2D eigenvalue weighted by atomic mass is 9.99. The van der Waals surface area contributed by atoms with Crippen LogP contribution < -0.4 is 0 Å². The van der Waals surface area contributed by atoms with Gasteiger partial charge in [0, 0.05) is 16.7 Å². The van der Waals surface area contributed by atoms with E-state index in [4.69, 9.17) is 9.26 Å². The Balaban J connectivity index is 2.06. The lowest BCUT2D eigenvalue weighted by Gasteiger charge is -2.07. The molecule has 0 bridgehead atoms. The van der Waals surface area contributed by atoms with Gasteiger partial charge in [-0.1, -0.05) is 12.1 Å². The van der Waals surface area contributed by atoms with Crippen molar-refractivity contribution in [2.75, 3.05) is 6.61 Å². The zero-order valence-corrected chi connectivity index (χ0v) is 14.5. The third-order valence-corrected chi connectivity index (χ3v) is 4.04. The number of carbonyl (C=O) groups is 1. The van der Waals surface area contributed by atoms with Gasteiger partial charge in [-0.15, -0.1) is 0 Å². The molecule has 0 aliphatic carbocycles. The van der Waals surface area contributed by atoms with Crippen LogP contribution in [0, 0.1) is 0 Å². The van der Waals surface area contributed by atoms with Gasteiger partial charge in [-0.3, -0.25) is 0 Å². The summed E-state index contributed by atoms with van der Waals surface area (Å²) in [6.07, 6.45) is 0.657. The third kappa shape index (κ3) is 3.26. The number of hydrogen-bond acceptors (Lipinski definition) is 6. The third-order valence-electron chi connectivity index (χ3n) is 4.04. The van der Waals surface area contributed by atoms with Crippen LogP contribution in [0.15, 0.2) is 47.0 Å². The second-order valence-electron chi connectivity index (χ2n) is 5.69. The highest BCUT2D eigenvalue weighted by Crippen LogP contribution is 2.35. The molecule has 0 radical (unpaired) electrons. The number of nitrogens with zero attached hydrogens (tertiary/aromatic N) is 1. The fraction of sp³-hybridized carbons (Fsp3) is 0.200. The molecule has 0 atom stereocenters. The molecule has 0 fully saturated rings. The molecule has 26 heavy (non-hydrogen) atoms. The van der Waals surface area contributed by atoms with Crippen molar-refractivity contribution in [3.63, 3.8) is 0 Å². The molecule has 0 spiro atoms. The van der Waals surface area contributed by atoms with Gasteiger partial charge in [-0.25, -0.2) is 4.79 Å². The Labute approximate surface area is 150 Å². The Hall–Kier alpha value is -3.28. The molecule has 0 amide bonds. The van der Waals surface area contributed by atoms with Crippen LogP contribution >= 0.6 is 0 Å². The van der Waals surface area contributed by atoms with Crippen LogP contribution in [0.3, 0.4) is 0 Å². The molecule has 2 N–H and O–H groups in total. The Morgan fingerprint density at radius 1 is 1.08 bits per heavy atom. The molecule has 0 unspecified atom stereocenters. The van der Waals surface area contributed by atoms with Crippen LogP contribution in [0.25, 0.3) is 22.6 Å². The molecule has 3 aromatic rings. The molecule has 6 nitrogen and oxygen atoms in total. The molecule has 2 aromatic carbocycles. The first-order chi connectivity index (χ1) is 12.5. The lowest BCUT2D eigenvalue weighted by molar-refractivity contribution is 0.0523. The molecule has 1 heterocycles. The number of aromatic hydroxyl groups is 2. The molecule has 0 saturated heterocycles. The molecule has 0 saturated carbocycles. The Bertz CT molecular complexity index is 928.